The Morgan fingerprint density at radius 3 is 2.70 bits per heavy atom. The van der Waals surface area contributed by atoms with Crippen molar-refractivity contribution in [2.45, 2.75) is 44.3 Å². The monoisotopic (exact) mass is 297 g/mol. The van der Waals surface area contributed by atoms with Gasteiger partial charge in [-0.1, -0.05) is 19.9 Å². The molecule has 0 aliphatic carbocycles. The highest BCUT2D eigenvalue weighted by Gasteiger charge is 2.09. The smallest absolute Gasteiger partial charge is 0.0945 e. The van der Waals surface area contributed by atoms with E-state index in [2.05, 4.69) is 44.5 Å². The van der Waals surface area contributed by atoms with Crippen LogP contribution in [-0.4, -0.2) is 36.7 Å². The van der Waals surface area contributed by atoms with Gasteiger partial charge in [-0.3, -0.25) is 0 Å². The van der Waals surface area contributed by atoms with E-state index in [0.717, 1.165) is 12.1 Å². The van der Waals surface area contributed by atoms with Gasteiger partial charge in [0.1, 0.15) is 0 Å². The Labute approximate surface area is 127 Å². The molecule has 1 rings (SSSR count). The van der Waals surface area contributed by atoms with Crippen molar-refractivity contribution >= 4 is 17.4 Å². The first-order chi connectivity index (χ1) is 9.51. The van der Waals surface area contributed by atoms with Gasteiger partial charge in [0, 0.05) is 17.1 Å². The van der Waals surface area contributed by atoms with Gasteiger partial charge in [0.05, 0.1) is 18.8 Å². The van der Waals surface area contributed by atoms with Crippen molar-refractivity contribution in [3.05, 3.63) is 24.3 Å². The highest BCUT2D eigenvalue weighted by molar-refractivity contribution is 7.98. The maximum atomic E-state index is 9.93. The maximum absolute atomic E-state index is 9.93. The summed E-state index contributed by atoms with van der Waals surface area (Å²) in [6.07, 6.45) is 2.79. The minimum Gasteiger partial charge on any atom is -0.389 e. The second kappa shape index (κ2) is 9.27. The third-order valence-corrected chi connectivity index (χ3v) is 3.71. The van der Waals surface area contributed by atoms with Gasteiger partial charge in [0.25, 0.3) is 0 Å². The first-order valence-corrected chi connectivity index (χ1v) is 8.41. The van der Waals surface area contributed by atoms with Gasteiger partial charge < -0.3 is 15.2 Å². The number of thioether (sulfide) groups is 1. The molecule has 20 heavy (non-hydrogen) atoms. The quantitative estimate of drug-likeness (QED) is 0.683. The average molecular weight is 297 g/mol. The highest BCUT2D eigenvalue weighted by atomic mass is 32.2. The highest BCUT2D eigenvalue weighted by Crippen LogP contribution is 2.18. The summed E-state index contributed by atoms with van der Waals surface area (Å²) in [7, 11) is 0. The lowest BCUT2D eigenvalue weighted by Gasteiger charge is -2.18. The molecule has 0 saturated carbocycles. The predicted octanol–water partition coefficient (Wildman–Crippen LogP) is 3.63. The number of rotatable bonds is 9. The van der Waals surface area contributed by atoms with E-state index in [1.165, 1.54) is 4.90 Å². The predicted molar refractivity (Wildman–Crippen MR) is 87.6 cm³/mol. The fraction of sp³-hybridized carbons (Fsp3) is 0.625. The third kappa shape index (κ3) is 7.17. The van der Waals surface area contributed by atoms with Crippen LogP contribution in [0.1, 0.15) is 27.2 Å². The first kappa shape index (κ1) is 17.3. The van der Waals surface area contributed by atoms with E-state index >= 15 is 0 Å². The van der Waals surface area contributed by atoms with E-state index in [1.807, 2.05) is 12.1 Å². The molecule has 2 atom stereocenters. The van der Waals surface area contributed by atoms with Gasteiger partial charge >= 0.3 is 0 Å². The summed E-state index contributed by atoms with van der Waals surface area (Å²) in [5.74, 6) is 0.620. The molecule has 1 aromatic rings. The molecule has 2 unspecified atom stereocenters. The molecule has 0 saturated heterocycles. The summed E-state index contributed by atoms with van der Waals surface area (Å²) < 4.78 is 5.65. The summed E-state index contributed by atoms with van der Waals surface area (Å²) in [4.78, 5) is 1.21. The topological polar surface area (TPSA) is 41.5 Å². The third-order valence-electron chi connectivity index (χ3n) is 2.99. The van der Waals surface area contributed by atoms with Crippen molar-refractivity contribution in [2.75, 3.05) is 24.7 Å². The fourth-order valence-corrected chi connectivity index (χ4v) is 2.49. The van der Waals surface area contributed by atoms with Crippen LogP contribution in [-0.2, 0) is 4.74 Å². The molecule has 0 spiro atoms. The number of aliphatic hydroxyl groups excluding tert-OH is 1. The van der Waals surface area contributed by atoms with Crippen molar-refractivity contribution in [3.63, 3.8) is 0 Å². The van der Waals surface area contributed by atoms with Gasteiger partial charge in [-0.05, 0) is 43.7 Å². The lowest BCUT2D eigenvalue weighted by Crippen LogP contribution is -2.27. The van der Waals surface area contributed by atoms with Crippen molar-refractivity contribution < 1.29 is 9.84 Å². The molecule has 0 heterocycles. The minimum absolute atomic E-state index is 0.199. The molecule has 0 amide bonds. The van der Waals surface area contributed by atoms with Gasteiger partial charge in [0.15, 0.2) is 0 Å². The molecule has 4 heteroatoms. The summed E-state index contributed by atoms with van der Waals surface area (Å²) in [6.45, 7) is 7.30. The van der Waals surface area contributed by atoms with Crippen molar-refractivity contribution in [1.82, 2.24) is 0 Å². The zero-order chi connectivity index (χ0) is 15.0. The molecule has 114 valence electrons. The molecule has 0 fully saturated rings. The zero-order valence-electron chi connectivity index (χ0n) is 12.9. The molecule has 0 aliphatic heterocycles. The molecule has 3 nitrogen and oxygen atoms in total. The van der Waals surface area contributed by atoms with E-state index in [4.69, 9.17) is 4.74 Å². The Kier molecular flexibility index (Phi) is 8.04. The summed E-state index contributed by atoms with van der Waals surface area (Å²) in [5.41, 5.74) is 1.03. The van der Waals surface area contributed by atoms with Crippen LogP contribution in [0.4, 0.5) is 5.69 Å². The molecular formula is C16H27NO2S. The molecular weight excluding hydrogens is 270 g/mol. The van der Waals surface area contributed by atoms with Crippen LogP contribution in [0.2, 0.25) is 0 Å². The Balaban J connectivity index is 2.27. The first-order valence-electron chi connectivity index (χ1n) is 7.18. The second-order valence-electron chi connectivity index (χ2n) is 5.54. The van der Waals surface area contributed by atoms with Crippen molar-refractivity contribution in [1.29, 1.82) is 0 Å². The Bertz CT molecular complexity index is 384. The minimum atomic E-state index is -0.484. The standard InChI is InChI=1S/C16H27NO2S/c1-12(2)8-13(3)19-11-15(18)10-17-14-6-5-7-16(9-14)20-4/h5-7,9,12-13,15,17-18H,8,10-11H2,1-4H3. The van der Waals surface area contributed by atoms with Gasteiger partial charge in [-0.15, -0.1) is 11.8 Å². The summed E-state index contributed by atoms with van der Waals surface area (Å²) >= 11 is 1.71. The van der Waals surface area contributed by atoms with Crippen LogP contribution in [0.3, 0.4) is 0 Å². The number of aliphatic hydroxyl groups is 1. The van der Waals surface area contributed by atoms with Crippen LogP contribution in [0, 0.1) is 5.92 Å². The lowest BCUT2D eigenvalue weighted by atomic mass is 10.1. The largest absolute Gasteiger partial charge is 0.389 e. The number of hydrogen-bond acceptors (Lipinski definition) is 4. The van der Waals surface area contributed by atoms with Crippen molar-refractivity contribution in [2.24, 2.45) is 5.92 Å². The zero-order valence-corrected chi connectivity index (χ0v) is 13.7. The van der Waals surface area contributed by atoms with Crippen molar-refractivity contribution in [3.8, 4) is 0 Å². The van der Waals surface area contributed by atoms with E-state index in [1.54, 1.807) is 11.8 Å². The van der Waals surface area contributed by atoms with Gasteiger partial charge in [-0.2, -0.15) is 0 Å². The molecule has 0 aliphatic rings. The average Bonchev–Trinajstić information content (AvgIpc) is 2.42. The SMILES string of the molecule is CSc1cccc(NCC(O)COC(C)CC(C)C)c1. The maximum Gasteiger partial charge on any atom is 0.0945 e. The molecule has 0 bridgehead atoms. The van der Waals surface area contributed by atoms with Crippen LogP contribution in [0.25, 0.3) is 0 Å². The molecule has 1 aromatic carbocycles. The fourth-order valence-electron chi connectivity index (χ4n) is 2.03. The summed E-state index contributed by atoms with van der Waals surface area (Å²) in [5, 5.41) is 13.2. The van der Waals surface area contributed by atoms with E-state index in [9.17, 15) is 5.11 Å². The number of anilines is 1. The van der Waals surface area contributed by atoms with Crippen LogP contribution >= 0.6 is 11.8 Å². The number of ether oxygens (including phenoxy) is 1. The van der Waals surface area contributed by atoms with E-state index < -0.39 is 6.10 Å². The molecule has 2 N–H and O–H groups in total. The number of benzene rings is 1. The van der Waals surface area contributed by atoms with Gasteiger partial charge in [-0.25, -0.2) is 0 Å². The van der Waals surface area contributed by atoms with Crippen LogP contribution in [0.5, 0.6) is 0 Å². The van der Waals surface area contributed by atoms with Crippen LogP contribution in [0.15, 0.2) is 29.2 Å². The molecule has 0 radical (unpaired) electrons. The molecule has 0 aromatic heterocycles. The van der Waals surface area contributed by atoms with E-state index in [0.29, 0.717) is 19.1 Å². The Morgan fingerprint density at radius 2 is 2.05 bits per heavy atom. The Hall–Kier alpha value is -0.710. The lowest BCUT2D eigenvalue weighted by molar-refractivity contribution is -0.00443. The van der Waals surface area contributed by atoms with Gasteiger partial charge in [0.2, 0.25) is 0 Å². The number of hydrogen-bond donors (Lipinski definition) is 2. The Morgan fingerprint density at radius 1 is 1.30 bits per heavy atom. The summed E-state index contributed by atoms with van der Waals surface area (Å²) in [6, 6.07) is 8.18. The number of nitrogens with one attached hydrogen (secondary N) is 1. The van der Waals surface area contributed by atoms with Crippen LogP contribution < -0.4 is 5.32 Å². The van der Waals surface area contributed by atoms with E-state index in [-0.39, 0.29) is 6.10 Å². The normalized spacial score (nSPS) is 14.3. The second-order valence-corrected chi connectivity index (χ2v) is 6.42.